The Morgan fingerprint density at radius 1 is 1.50 bits per heavy atom. The van der Waals surface area contributed by atoms with Gasteiger partial charge in [-0.25, -0.2) is 4.79 Å². The number of rotatable bonds is 1. The zero-order valence-corrected chi connectivity index (χ0v) is 7.39. The Labute approximate surface area is 76.6 Å². The smallest absolute Gasteiger partial charge is 0.335 e. The quantitative estimate of drug-likeness (QED) is 0.658. The molecule has 0 atom stereocenters. The summed E-state index contributed by atoms with van der Waals surface area (Å²) in [6.45, 7) is 1.72. The zero-order chi connectivity index (χ0) is 8.43. The van der Waals surface area contributed by atoms with Crippen LogP contribution in [0.5, 0.6) is 0 Å². The molecule has 0 unspecified atom stereocenters. The lowest BCUT2D eigenvalue weighted by molar-refractivity contribution is 0.0696. The molecule has 0 amide bonds. The maximum absolute atomic E-state index is 10.5. The van der Waals surface area contributed by atoms with E-state index in [4.69, 9.17) is 10.8 Å². The molecule has 3 nitrogen and oxygen atoms in total. The SMILES string of the molecule is Cc1cc(N)ccc1C(=O)O.Cl. The lowest BCUT2D eigenvalue weighted by atomic mass is 10.1. The van der Waals surface area contributed by atoms with E-state index in [2.05, 4.69) is 0 Å². The summed E-state index contributed by atoms with van der Waals surface area (Å²) < 4.78 is 0. The number of hydrogen-bond donors (Lipinski definition) is 2. The number of carboxylic acids is 1. The molecule has 0 spiro atoms. The Morgan fingerprint density at radius 2 is 2.08 bits per heavy atom. The van der Waals surface area contributed by atoms with E-state index in [0.29, 0.717) is 16.8 Å². The van der Waals surface area contributed by atoms with Gasteiger partial charge in [-0.3, -0.25) is 0 Å². The molecule has 0 bridgehead atoms. The first kappa shape index (κ1) is 10.8. The van der Waals surface area contributed by atoms with Crippen LogP contribution in [0.2, 0.25) is 0 Å². The van der Waals surface area contributed by atoms with Crippen LogP contribution in [-0.2, 0) is 0 Å². The fraction of sp³-hybridized carbons (Fsp3) is 0.125. The van der Waals surface area contributed by atoms with Gasteiger partial charge in [0.15, 0.2) is 0 Å². The highest BCUT2D eigenvalue weighted by molar-refractivity contribution is 5.89. The van der Waals surface area contributed by atoms with Crippen molar-refractivity contribution in [2.24, 2.45) is 0 Å². The Bertz CT molecular complexity index is 299. The van der Waals surface area contributed by atoms with Crippen molar-refractivity contribution in [3.63, 3.8) is 0 Å². The zero-order valence-electron chi connectivity index (χ0n) is 6.57. The molecule has 0 heterocycles. The molecule has 0 aliphatic carbocycles. The highest BCUT2D eigenvalue weighted by atomic mass is 35.5. The van der Waals surface area contributed by atoms with Crippen molar-refractivity contribution < 1.29 is 9.90 Å². The Morgan fingerprint density at radius 3 is 2.50 bits per heavy atom. The topological polar surface area (TPSA) is 63.3 Å². The van der Waals surface area contributed by atoms with E-state index in [1.54, 1.807) is 19.1 Å². The minimum atomic E-state index is -0.914. The molecular formula is C8H10ClNO2. The second-order valence-electron chi connectivity index (χ2n) is 2.38. The maximum atomic E-state index is 10.5. The first-order valence-corrected chi connectivity index (χ1v) is 3.20. The highest BCUT2D eigenvalue weighted by Gasteiger charge is 2.04. The van der Waals surface area contributed by atoms with Crippen LogP contribution in [0.4, 0.5) is 5.69 Å². The molecule has 1 rings (SSSR count). The second-order valence-corrected chi connectivity index (χ2v) is 2.38. The Kier molecular flexibility index (Phi) is 3.57. The van der Waals surface area contributed by atoms with Crippen molar-refractivity contribution in [2.45, 2.75) is 6.92 Å². The third-order valence-electron chi connectivity index (χ3n) is 1.48. The minimum Gasteiger partial charge on any atom is -0.478 e. The molecule has 0 radical (unpaired) electrons. The molecule has 3 N–H and O–H groups in total. The second kappa shape index (κ2) is 3.97. The van der Waals surface area contributed by atoms with E-state index < -0.39 is 5.97 Å². The van der Waals surface area contributed by atoms with Gasteiger partial charge in [0.25, 0.3) is 0 Å². The van der Waals surface area contributed by atoms with Crippen LogP contribution in [0.15, 0.2) is 18.2 Å². The highest BCUT2D eigenvalue weighted by Crippen LogP contribution is 2.11. The Hall–Kier alpha value is -1.22. The standard InChI is InChI=1S/C8H9NO2.ClH/c1-5-4-6(9)2-3-7(5)8(10)11;/h2-4H,9H2,1H3,(H,10,11);1H. The van der Waals surface area contributed by atoms with Gasteiger partial charge in [-0.15, -0.1) is 12.4 Å². The van der Waals surface area contributed by atoms with Crippen LogP contribution < -0.4 is 5.73 Å². The van der Waals surface area contributed by atoms with Crippen LogP contribution >= 0.6 is 12.4 Å². The van der Waals surface area contributed by atoms with Crippen molar-refractivity contribution in [2.75, 3.05) is 5.73 Å². The van der Waals surface area contributed by atoms with Gasteiger partial charge in [-0.2, -0.15) is 0 Å². The average molecular weight is 188 g/mol. The van der Waals surface area contributed by atoms with Gasteiger partial charge < -0.3 is 10.8 Å². The summed E-state index contributed by atoms with van der Waals surface area (Å²) >= 11 is 0. The van der Waals surface area contributed by atoms with Gasteiger partial charge in [-0.05, 0) is 30.7 Å². The third kappa shape index (κ3) is 2.13. The molecule has 12 heavy (non-hydrogen) atoms. The van der Waals surface area contributed by atoms with Gasteiger partial charge in [0.1, 0.15) is 0 Å². The fourth-order valence-electron chi connectivity index (χ4n) is 0.927. The van der Waals surface area contributed by atoms with E-state index in [0.717, 1.165) is 0 Å². The largest absolute Gasteiger partial charge is 0.478 e. The predicted octanol–water partition coefficient (Wildman–Crippen LogP) is 1.70. The van der Waals surface area contributed by atoms with Gasteiger partial charge in [-0.1, -0.05) is 0 Å². The molecule has 0 saturated carbocycles. The summed E-state index contributed by atoms with van der Waals surface area (Å²) in [6.07, 6.45) is 0. The summed E-state index contributed by atoms with van der Waals surface area (Å²) in [5.41, 5.74) is 7.02. The first-order chi connectivity index (χ1) is 5.11. The van der Waals surface area contributed by atoms with Gasteiger partial charge in [0.05, 0.1) is 5.56 Å². The molecule has 4 heteroatoms. The van der Waals surface area contributed by atoms with E-state index in [-0.39, 0.29) is 12.4 Å². The lowest BCUT2D eigenvalue weighted by Gasteiger charge is -2.00. The van der Waals surface area contributed by atoms with Crippen molar-refractivity contribution in [3.8, 4) is 0 Å². The predicted molar refractivity (Wildman–Crippen MR) is 49.8 cm³/mol. The molecule has 0 aliphatic rings. The fourth-order valence-corrected chi connectivity index (χ4v) is 0.927. The van der Waals surface area contributed by atoms with Gasteiger partial charge in [0.2, 0.25) is 0 Å². The minimum absolute atomic E-state index is 0. The van der Waals surface area contributed by atoms with Crippen LogP contribution in [0.1, 0.15) is 15.9 Å². The normalized spacial score (nSPS) is 8.75. The number of nitrogen functional groups attached to an aromatic ring is 1. The van der Waals surface area contributed by atoms with Crippen LogP contribution in [0, 0.1) is 6.92 Å². The van der Waals surface area contributed by atoms with Crippen molar-refractivity contribution in [3.05, 3.63) is 29.3 Å². The van der Waals surface area contributed by atoms with E-state index in [9.17, 15) is 4.79 Å². The summed E-state index contributed by atoms with van der Waals surface area (Å²) in [6, 6.07) is 4.73. The van der Waals surface area contributed by atoms with Crippen molar-refractivity contribution in [1.82, 2.24) is 0 Å². The monoisotopic (exact) mass is 187 g/mol. The number of benzene rings is 1. The lowest BCUT2D eigenvalue weighted by Crippen LogP contribution is -1.99. The number of anilines is 1. The maximum Gasteiger partial charge on any atom is 0.335 e. The number of hydrogen-bond acceptors (Lipinski definition) is 2. The number of aryl methyl sites for hydroxylation is 1. The van der Waals surface area contributed by atoms with Gasteiger partial charge >= 0.3 is 5.97 Å². The van der Waals surface area contributed by atoms with E-state index >= 15 is 0 Å². The Balaban J connectivity index is 0.00000121. The molecule has 1 aromatic rings. The van der Waals surface area contributed by atoms with Crippen molar-refractivity contribution in [1.29, 1.82) is 0 Å². The van der Waals surface area contributed by atoms with Crippen LogP contribution in [0.25, 0.3) is 0 Å². The van der Waals surface area contributed by atoms with E-state index in [1.807, 2.05) is 0 Å². The number of nitrogens with two attached hydrogens (primary N) is 1. The third-order valence-corrected chi connectivity index (χ3v) is 1.48. The molecule has 0 aliphatic heterocycles. The molecule has 66 valence electrons. The summed E-state index contributed by atoms with van der Waals surface area (Å²) in [7, 11) is 0. The summed E-state index contributed by atoms with van der Waals surface area (Å²) in [5, 5.41) is 8.62. The van der Waals surface area contributed by atoms with E-state index in [1.165, 1.54) is 6.07 Å². The number of carbonyl (C=O) groups is 1. The van der Waals surface area contributed by atoms with Crippen LogP contribution in [-0.4, -0.2) is 11.1 Å². The molecule has 1 aromatic carbocycles. The molecule has 0 aromatic heterocycles. The summed E-state index contributed by atoms with van der Waals surface area (Å²) in [4.78, 5) is 10.5. The molecular weight excluding hydrogens is 178 g/mol. The average Bonchev–Trinajstić information content (AvgIpc) is 1.85. The number of carboxylic acid groups (broad SMARTS) is 1. The number of aromatic carboxylic acids is 1. The van der Waals surface area contributed by atoms with Gasteiger partial charge in [0, 0.05) is 5.69 Å². The molecule has 0 fully saturated rings. The summed E-state index contributed by atoms with van der Waals surface area (Å²) in [5.74, 6) is -0.914. The number of halogens is 1. The van der Waals surface area contributed by atoms with Crippen molar-refractivity contribution >= 4 is 24.1 Å². The van der Waals surface area contributed by atoms with Crippen LogP contribution in [0.3, 0.4) is 0 Å². The molecule has 0 saturated heterocycles. The first-order valence-electron chi connectivity index (χ1n) is 3.20.